The van der Waals surface area contributed by atoms with Crippen LogP contribution >= 0.6 is 0 Å². The van der Waals surface area contributed by atoms with Gasteiger partial charge in [0.15, 0.2) is 8.32 Å². The summed E-state index contributed by atoms with van der Waals surface area (Å²) in [6.45, 7) is 15.1. The number of hydrogen-bond acceptors (Lipinski definition) is 7. The van der Waals surface area contributed by atoms with Gasteiger partial charge in [-0.1, -0.05) is 20.8 Å². The Labute approximate surface area is 186 Å². The number of alkyl carbamates (subject to hydrolysis) is 1. The van der Waals surface area contributed by atoms with Gasteiger partial charge in [-0.3, -0.25) is 4.98 Å². The predicted octanol–water partition coefficient (Wildman–Crippen LogP) is 4.96. The fourth-order valence-corrected chi connectivity index (χ4v) is 5.49. The number of nitrogens with zero attached hydrogens (tertiary/aromatic N) is 3. The summed E-state index contributed by atoms with van der Waals surface area (Å²) in [6.07, 6.45) is 4.30. The number of ether oxygens (including phenoxy) is 1. The highest BCUT2D eigenvalue weighted by atomic mass is 28.4. The molecular formula is C22H38N4O4Si. The molecule has 1 fully saturated rings. The molecule has 1 amide bonds. The average Bonchev–Trinajstić information content (AvgIpc) is 2.63. The molecule has 1 aliphatic rings. The number of amides is 1. The number of carbonyl (C=O) groups excluding carboxylic acids is 1. The minimum absolute atomic E-state index is 0.102. The van der Waals surface area contributed by atoms with E-state index in [1.165, 1.54) is 6.20 Å². The van der Waals surface area contributed by atoms with Crippen LogP contribution in [0.25, 0.3) is 0 Å². The number of pyridine rings is 1. The molecule has 1 aliphatic heterocycles. The van der Waals surface area contributed by atoms with Crippen molar-refractivity contribution in [2.45, 2.75) is 83.7 Å². The van der Waals surface area contributed by atoms with Crippen molar-refractivity contribution in [3.8, 4) is 0 Å². The number of rotatable bonds is 6. The Bertz CT molecular complexity index is 774. The Morgan fingerprint density at radius 1 is 1.32 bits per heavy atom. The van der Waals surface area contributed by atoms with E-state index in [0.29, 0.717) is 12.2 Å². The fraction of sp³-hybridized carbons (Fsp3) is 0.727. The molecule has 0 spiro atoms. The zero-order valence-electron chi connectivity index (χ0n) is 19.9. The Morgan fingerprint density at radius 3 is 2.58 bits per heavy atom. The number of carbonyl (C=O) groups is 1. The molecule has 2 rings (SSSR count). The van der Waals surface area contributed by atoms with Crippen molar-refractivity contribution in [2.24, 2.45) is 11.1 Å². The molecule has 1 aromatic rings. The van der Waals surface area contributed by atoms with E-state index in [0.717, 1.165) is 25.4 Å². The lowest BCUT2D eigenvalue weighted by atomic mass is 9.91. The number of nitroso groups, excluding NO2 is 1. The van der Waals surface area contributed by atoms with Crippen LogP contribution in [-0.4, -0.2) is 48.9 Å². The summed E-state index contributed by atoms with van der Waals surface area (Å²) in [5.74, 6) is 0.252. The first-order valence-electron chi connectivity index (χ1n) is 11.0. The molecule has 2 N–H and O–H groups in total. The molecule has 2 heterocycles. The predicted molar refractivity (Wildman–Crippen MR) is 126 cm³/mol. The minimum atomic E-state index is -2.40. The van der Waals surface area contributed by atoms with Gasteiger partial charge >= 0.3 is 6.09 Å². The van der Waals surface area contributed by atoms with Gasteiger partial charge in [-0.05, 0) is 68.4 Å². The van der Waals surface area contributed by atoms with Gasteiger partial charge in [0.05, 0.1) is 17.9 Å². The molecule has 31 heavy (non-hydrogen) atoms. The van der Waals surface area contributed by atoms with E-state index < -0.39 is 20.0 Å². The van der Waals surface area contributed by atoms with Crippen molar-refractivity contribution in [3.05, 3.63) is 23.4 Å². The smallest absolute Gasteiger partial charge is 0.407 e. The fourth-order valence-electron chi connectivity index (χ4n) is 3.77. The van der Waals surface area contributed by atoms with E-state index in [1.807, 2.05) is 27.3 Å². The molecule has 0 radical (unpaired) electrons. The molecule has 0 aromatic carbocycles. The van der Waals surface area contributed by atoms with Gasteiger partial charge in [-0.25, -0.2) is 4.79 Å². The van der Waals surface area contributed by atoms with Gasteiger partial charge in [0.1, 0.15) is 11.3 Å². The summed E-state index contributed by atoms with van der Waals surface area (Å²) in [5, 5.41) is 6.01. The van der Waals surface area contributed by atoms with Crippen LogP contribution in [-0.2, 0) is 4.74 Å². The normalized spacial score (nSPS) is 21.9. The SMILES string of the molecule is CC(C)(C)OC(=O)N[C@H]1C[C@@H](CC[Si](C)(O)C(C)(C)C)CN(c2ccncc2N=O)C1. The largest absolute Gasteiger partial charge is 0.444 e. The molecule has 0 saturated carbocycles. The number of aromatic nitrogens is 1. The molecule has 3 atom stereocenters. The third kappa shape index (κ3) is 7.28. The average molecular weight is 451 g/mol. The van der Waals surface area contributed by atoms with Gasteiger partial charge < -0.3 is 19.7 Å². The van der Waals surface area contributed by atoms with E-state index >= 15 is 0 Å². The van der Waals surface area contributed by atoms with Gasteiger partial charge in [0, 0.05) is 19.3 Å². The van der Waals surface area contributed by atoms with Crippen LogP contribution < -0.4 is 10.2 Å². The molecule has 0 bridgehead atoms. The highest BCUT2D eigenvalue weighted by Gasteiger charge is 2.40. The highest BCUT2D eigenvalue weighted by molar-refractivity contribution is 6.74. The second kappa shape index (κ2) is 9.64. The molecule has 1 aromatic heterocycles. The van der Waals surface area contributed by atoms with E-state index in [1.54, 1.807) is 12.3 Å². The maximum atomic E-state index is 12.4. The van der Waals surface area contributed by atoms with Crippen LogP contribution in [0.3, 0.4) is 0 Å². The number of anilines is 1. The van der Waals surface area contributed by atoms with Crippen LogP contribution in [0.2, 0.25) is 17.6 Å². The molecule has 0 aliphatic carbocycles. The summed E-state index contributed by atoms with van der Waals surface area (Å²) >= 11 is 0. The number of piperidine rings is 1. The standard InChI is InChI=1S/C22H38N4O4Si/c1-21(2,3)30-20(27)24-17-12-16(9-11-31(7,29)22(4,5)6)14-26(15-17)19-8-10-23-13-18(19)25-28/h8,10,13,16-17,29H,9,11-12,14-15H2,1-7H3,(H,24,27)/t16-,17+,31?/m1/s1. The summed E-state index contributed by atoms with van der Waals surface area (Å²) in [5.41, 5.74) is 0.426. The van der Waals surface area contributed by atoms with Gasteiger partial charge in [-0.2, -0.15) is 0 Å². The van der Waals surface area contributed by atoms with Crippen molar-refractivity contribution >= 4 is 25.8 Å². The highest BCUT2D eigenvalue weighted by Crippen LogP contribution is 2.39. The van der Waals surface area contributed by atoms with Crippen LogP contribution in [0.5, 0.6) is 0 Å². The van der Waals surface area contributed by atoms with E-state index in [4.69, 9.17) is 4.74 Å². The van der Waals surface area contributed by atoms with Crippen molar-refractivity contribution < 1.29 is 14.3 Å². The van der Waals surface area contributed by atoms with Crippen LogP contribution in [0.15, 0.2) is 23.6 Å². The first-order valence-corrected chi connectivity index (χ1v) is 13.6. The Morgan fingerprint density at radius 2 is 2.00 bits per heavy atom. The Hall–Kier alpha value is -2.00. The van der Waals surface area contributed by atoms with Crippen molar-refractivity contribution in [3.63, 3.8) is 0 Å². The second-order valence-electron chi connectivity index (χ2n) is 10.9. The quantitative estimate of drug-likeness (QED) is 0.469. The topological polar surface area (TPSA) is 104 Å². The van der Waals surface area contributed by atoms with Crippen molar-refractivity contribution in [1.82, 2.24) is 10.3 Å². The summed E-state index contributed by atoms with van der Waals surface area (Å²) in [4.78, 5) is 40.8. The van der Waals surface area contributed by atoms with Crippen molar-refractivity contribution in [2.75, 3.05) is 18.0 Å². The van der Waals surface area contributed by atoms with Gasteiger partial charge in [0.25, 0.3) is 0 Å². The first-order chi connectivity index (χ1) is 14.2. The monoisotopic (exact) mass is 450 g/mol. The lowest BCUT2D eigenvalue weighted by molar-refractivity contribution is 0.0493. The van der Waals surface area contributed by atoms with E-state index in [9.17, 15) is 14.5 Å². The zero-order valence-corrected chi connectivity index (χ0v) is 20.9. The number of hydrogen-bond donors (Lipinski definition) is 2. The maximum Gasteiger partial charge on any atom is 0.407 e. The third-order valence-electron chi connectivity index (χ3n) is 6.13. The first kappa shape index (κ1) is 25.3. The molecule has 9 heteroatoms. The Kier molecular flexibility index (Phi) is 7.86. The van der Waals surface area contributed by atoms with Crippen LogP contribution in [0, 0.1) is 10.8 Å². The van der Waals surface area contributed by atoms with E-state index in [-0.39, 0.29) is 22.7 Å². The second-order valence-corrected chi connectivity index (χ2v) is 15.4. The molecule has 1 unspecified atom stereocenters. The number of nitrogens with one attached hydrogen (secondary N) is 1. The molecule has 8 nitrogen and oxygen atoms in total. The summed E-state index contributed by atoms with van der Waals surface area (Å²) in [7, 11) is -2.40. The maximum absolute atomic E-state index is 12.4. The van der Waals surface area contributed by atoms with Crippen molar-refractivity contribution in [1.29, 1.82) is 0 Å². The molecular weight excluding hydrogens is 412 g/mol. The van der Waals surface area contributed by atoms with Gasteiger partial charge in [-0.15, -0.1) is 4.91 Å². The van der Waals surface area contributed by atoms with E-state index in [2.05, 4.69) is 41.1 Å². The minimum Gasteiger partial charge on any atom is -0.444 e. The van der Waals surface area contributed by atoms with Crippen LogP contribution in [0.1, 0.15) is 54.4 Å². The summed E-state index contributed by atoms with van der Waals surface area (Å²) < 4.78 is 5.44. The lowest BCUT2D eigenvalue weighted by Crippen LogP contribution is -2.52. The lowest BCUT2D eigenvalue weighted by Gasteiger charge is -2.41. The molecule has 1 saturated heterocycles. The molecule has 174 valence electrons. The zero-order chi connectivity index (χ0) is 23.4. The van der Waals surface area contributed by atoms with Gasteiger partial charge in [0.2, 0.25) is 0 Å². The third-order valence-corrected chi connectivity index (χ3v) is 10.6. The summed E-state index contributed by atoms with van der Waals surface area (Å²) in [6, 6.07) is 2.43. The van der Waals surface area contributed by atoms with Crippen LogP contribution in [0.4, 0.5) is 16.2 Å². The Balaban J connectivity index is 2.19.